The van der Waals surface area contributed by atoms with Crippen LogP contribution in [0.3, 0.4) is 0 Å². The Morgan fingerprint density at radius 3 is 2.88 bits per heavy atom. The number of nitrogens with one attached hydrogen (secondary N) is 1. The Bertz CT molecular complexity index is 1130. The molecule has 1 aromatic carbocycles. The summed E-state index contributed by atoms with van der Waals surface area (Å²) < 4.78 is 29.7. The van der Waals surface area contributed by atoms with Crippen molar-refractivity contribution in [3.05, 3.63) is 59.4 Å². The summed E-state index contributed by atoms with van der Waals surface area (Å²) in [6, 6.07) is 8.30. The van der Waals surface area contributed by atoms with Gasteiger partial charge >= 0.3 is 0 Å². The van der Waals surface area contributed by atoms with E-state index in [1.807, 2.05) is 16.8 Å². The van der Waals surface area contributed by atoms with E-state index in [0.29, 0.717) is 25.2 Å². The lowest BCUT2D eigenvalue weighted by Gasteiger charge is -2.32. The quantitative estimate of drug-likeness (QED) is 0.611. The van der Waals surface area contributed by atoms with Gasteiger partial charge in [0.1, 0.15) is 0 Å². The largest absolute Gasteiger partial charge is 0.354 e. The topological polar surface area (TPSA) is 63.1 Å². The lowest BCUT2D eigenvalue weighted by molar-refractivity contribution is -0.122. The number of aromatic nitrogens is 3. The van der Waals surface area contributed by atoms with Crippen molar-refractivity contribution in [3.8, 4) is 0 Å². The molecule has 8 heteroatoms. The third kappa shape index (κ3) is 4.37. The first-order valence-corrected chi connectivity index (χ1v) is 11.3. The molecule has 168 valence electrons. The number of amides is 1. The third-order valence-electron chi connectivity index (χ3n) is 6.42. The number of halogens is 2. The van der Waals surface area contributed by atoms with Crippen LogP contribution < -0.4 is 5.32 Å². The second kappa shape index (κ2) is 8.94. The van der Waals surface area contributed by atoms with Crippen molar-refractivity contribution in [3.63, 3.8) is 0 Å². The van der Waals surface area contributed by atoms with E-state index in [4.69, 9.17) is 5.10 Å². The molecule has 5 rings (SSSR count). The summed E-state index contributed by atoms with van der Waals surface area (Å²) in [7, 11) is 0. The van der Waals surface area contributed by atoms with Gasteiger partial charge in [-0.25, -0.2) is 18.4 Å². The number of nitrogens with zero attached hydrogens (tertiary/aromatic N) is 4. The van der Waals surface area contributed by atoms with Crippen LogP contribution in [-0.2, 0) is 17.9 Å². The summed E-state index contributed by atoms with van der Waals surface area (Å²) in [5.41, 5.74) is 2.19. The number of piperidine rings is 1. The van der Waals surface area contributed by atoms with Crippen LogP contribution in [0, 0.1) is 17.6 Å². The second-order valence-corrected chi connectivity index (χ2v) is 8.84. The van der Waals surface area contributed by atoms with Gasteiger partial charge in [-0.2, -0.15) is 5.10 Å². The summed E-state index contributed by atoms with van der Waals surface area (Å²) in [6.45, 7) is 3.05. The SMILES string of the molecule is O=C(NCCn1nc(C2CCCN(Cc3cccc(F)c3F)C2)c2cccnc21)C1CC1. The average Bonchev–Trinajstić information content (AvgIpc) is 3.59. The predicted molar refractivity (Wildman–Crippen MR) is 117 cm³/mol. The van der Waals surface area contributed by atoms with Gasteiger partial charge in [0.25, 0.3) is 0 Å². The van der Waals surface area contributed by atoms with Crippen molar-refractivity contribution in [1.82, 2.24) is 25.0 Å². The van der Waals surface area contributed by atoms with E-state index in [2.05, 4.69) is 15.2 Å². The fraction of sp³-hybridized carbons (Fsp3) is 0.458. The molecule has 3 aromatic rings. The number of benzene rings is 1. The molecular weight excluding hydrogens is 412 g/mol. The summed E-state index contributed by atoms with van der Waals surface area (Å²) >= 11 is 0. The molecule has 3 heterocycles. The van der Waals surface area contributed by atoms with E-state index in [9.17, 15) is 13.6 Å². The van der Waals surface area contributed by atoms with Gasteiger partial charge in [0, 0.05) is 48.6 Å². The highest BCUT2D eigenvalue weighted by atomic mass is 19.2. The van der Waals surface area contributed by atoms with Crippen molar-refractivity contribution in [2.45, 2.75) is 44.7 Å². The van der Waals surface area contributed by atoms with E-state index < -0.39 is 11.6 Å². The van der Waals surface area contributed by atoms with E-state index in [0.717, 1.165) is 61.6 Å². The molecule has 1 N–H and O–H groups in total. The minimum absolute atomic E-state index is 0.127. The first kappa shape index (κ1) is 21.0. The number of carbonyl (C=O) groups excluding carboxylic acids is 1. The lowest BCUT2D eigenvalue weighted by Crippen LogP contribution is -2.34. The minimum atomic E-state index is -0.805. The van der Waals surface area contributed by atoms with Crippen molar-refractivity contribution >= 4 is 16.9 Å². The number of hydrogen-bond acceptors (Lipinski definition) is 4. The summed E-state index contributed by atoms with van der Waals surface area (Å²) in [5, 5.41) is 8.89. The lowest BCUT2D eigenvalue weighted by atomic mass is 9.93. The highest BCUT2D eigenvalue weighted by molar-refractivity contribution is 5.81. The van der Waals surface area contributed by atoms with Crippen molar-refractivity contribution in [1.29, 1.82) is 0 Å². The number of carbonyl (C=O) groups is 1. The molecule has 32 heavy (non-hydrogen) atoms. The number of rotatable bonds is 7. The number of pyridine rings is 1. The molecule has 0 radical (unpaired) electrons. The van der Waals surface area contributed by atoms with Crippen molar-refractivity contribution in [2.75, 3.05) is 19.6 Å². The maximum absolute atomic E-state index is 14.2. The van der Waals surface area contributed by atoms with E-state index in [1.54, 1.807) is 18.3 Å². The summed E-state index contributed by atoms with van der Waals surface area (Å²) in [6.07, 6.45) is 5.68. The van der Waals surface area contributed by atoms with Gasteiger partial charge < -0.3 is 5.32 Å². The fourth-order valence-corrected chi connectivity index (χ4v) is 4.60. The molecule has 2 fully saturated rings. The maximum atomic E-state index is 14.2. The maximum Gasteiger partial charge on any atom is 0.223 e. The Morgan fingerprint density at radius 1 is 1.16 bits per heavy atom. The number of fused-ring (bicyclic) bond motifs is 1. The van der Waals surface area contributed by atoms with Gasteiger partial charge in [-0.3, -0.25) is 9.69 Å². The van der Waals surface area contributed by atoms with E-state index in [-0.39, 0.29) is 17.7 Å². The van der Waals surface area contributed by atoms with Gasteiger partial charge in [-0.05, 0) is 50.4 Å². The monoisotopic (exact) mass is 439 g/mol. The van der Waals surface area contributed by atoms with Crippen LogP contribution in [0.4, 0.5) is 8.78 Å². The second-order valence-electron chi connectivity index (χ2n) is 8.84. The fourth-order valence-electron chi connectivity index (χ4n) is 4.60. The average molecular weight is 440 g/mol. The van der Waals surface area contributed by atoms with E-state index >= 15 is 0 Å². The van der Waals surface area contributed by atoms with Crippen molar-refractivity contribution in [2.24, 2.45) is 5.92 Å². The van der Waals surface area contributed by atoms with Crippen LogP contribution in [0.1, 0.15) is 42.9 Å². The van der Waals surface area contributed by atoms with Crippen LogP contribution >= 0.6 is 0 Å². The molecule has 0 spiro atoms. The van der Waals surface area contributed by atoms with Crippen LogP contribution in [0.5, 0.6) is 0 Å². The Hall–Kier alpha value is -2.87. The highest BCUT2D eigenvalue weighted by Gasteiger charge is 2.29. The van der Waals surface area contributed by atoms with Crippen LogP contribution in [-0.4, -0.2) is 45.2 Å². The molecule has 0 bridgehead atoms. The third-order valence-corrected chi connectivity index (χ3v) is 6.42. The van der Waals surface area contributed by atoms with E-state index in [1.165, 1.54) is 0 Å². The Balaban J connectivity index is 1.32. The minimum Gasteiger partial charge on any atom is -0.354 e. The van der Waals surface area contributed by atoms with Gasteiger partial charge in [-0.1, -0.05) is 12.1 Å². The Labute approximate surface area is 185 Å². The molecule has 1 unspecified atom stereocenters. The molecule has 1 saturated heterocycles. The van der Waals surface area contributed by atoms with Gasteiger partial charge in [0.15, 0.2) is 17.3 Å². The van der Waals surface area contributed by atoms with Crippen LogP contribution in [0.2, 0.25) is 0 Å². The molecule has 1 saturated carbocycles. The normalized spacial score (nSPS) is 19.4. The zero-order valence-corrected chi connectivity index (χ0v) is 17.9. The molecule has 1 aliphatic heterocycles. The van der Waals surface area contributed by atoms with Gasteiger partial charge in [0.2, 0.25) is 5.91 Å². The first-order chi connectivity index (χ1) is 15.6. The Kier molecular flexibility index (Phi) is 5.87. The molecule has 1 amide bonds. The first-order valence-electron chi connectivity index (χ1n) is 11.3. The van der Waals surface area contributed by atoms with Gasteiger partial charge in [0.05, 0.1) is 12.2 Å². The number of hydrogen-bond donors (Lipinski definition) is 1. The molecule has 1 atom stereocenters. The summed E-state index contributed by atoms with van der Waals surface area (Å²) in [4.78, 5) is 18.6. The zero-order chi connectivity index (χ0) is 22.1. The molecule has 2 aromatic heterocycles. The Morgan fingerprint density at radius 2 is 2.03 bits per heavy atom. The predicted octanol–water partition coefficient (Wildman–Crippen LogP) is 3.62. The molecular formula is C24H27F2N5O. The van der Waals surface area contributed by atoms with Crippen molar-refractivity contribution < 1.29 is 13.6 Å². The standard InChI is InChI=1S/C24H27F2N5O/c25-20-7-1-4-17(21(20)26)14-30-12-3-5-18(15-30)22-19-6-2-10-27-23(19)31(29-22)13-11-28-24(32)16-8-9-16/h1-2,4,6-7,10,16,18H,3,5,8-9,11-15H2,(H,28,32). The zero-order valence-electron chi connectivity index (χ0n) is 17.9. The number of likely N-dealkylation sites (tertiary alicyclic amines) is 1. The molecule has 2 aliphatic rings. The van der Waals surface area contributed by atoms with Crippen LogP contribution in [0.15, 0.2) is 36.5 Å². The smallest absolute Gasteiger partial charge is 0.223 e. The highest BCUT2D eigenvalue weighted by Crippen LogP contribution is 2.32. The molecule has 1 aliphatic carbocycles. The summed E-state index contributed by atoms with van der Waals surface area (Å²) in [5.74, 6) is -1.06. The van der Waals surface area contributed by atoms with Gasteiger partial charge in [-0.15, -0.1) is 0 Å². The van der Waals surface area contributed by atoms with Crippen LogP contribution in [0.25, 0.3) is 11.0 Å². The molecule has 6 nitrogen and oxygen atoms in total.